The normalized spacial score (nSPS) is 26.2. The van der Waals surface area contributed by atoms with Crippen LogP contribution in [0.3, 0.4) is 0 Å². The molecule has 0 aromatic carbocycles. The van der Waals surface area contributed by atoms with Gasteiger partial charge < -0.3 is 10.1 Å². The second-order valence-electron chi connectivity index (χ2n) is 6.53. The molecule has 2 aliphatic rings. The van der Waals surface area contributed by atoms with Gasteiger partial charge in [-0.15, -0.1) is 0 Å². The van der Waals surface area contributed by atoms with E-state index in [2.05, 4.69) is 42.3 Å². The maximum Gasteiger partial charge on any atom is 0.0731 e. The number of fused-ring (bicyclic) bond motifs is 1. The molecule has 4 nitrogen and oxygen atoms in total. The highest BCUT2D eigenvalue weighted by molar-refractivity contribution is 5.12. The largest absolute Gasteiger partial charge is 0.375 e. The van der Waals surface area contributed by atoms with Crippen LogP contribution in [0.25, 0.3) is 0 Å². The molecule has 1 aliphatic carbocycles. The van der Waals surface area contributed by atoms with Crippen LogP contribution in [0, 0.1) is 0 Å². The van der Waals surface area contributed by atoms with Crippen molar-refractivity contribution >= 4 is 0 Å². The van der Waals surface area contributed by atoms with E-state index >= 15 is 0 Å². The number of hydrogen-bond acceptors (Lipinski definition) is 4. The van der Waals surface area contributed by atoms with Gasteiger partial charge in [-0.1, -0.05) is 19.9 Å². The first-order valence-corrected chi connectivity index (χ1v) is 8.26. The van der Waals surface area contributed by atoms with E-state index in [0.717, 1.165) is 31.9 Å². The van der Waals surface area contributed by atoms with E-state index in [4.69, 9.17) is 9.72 Å². The van der Waals surface area contributed by atoms with Crippen molar-refractivity contribution in [3.63, 3.8) is 0 Å². The number of ether oxygens (including phenoxy) is 1. The van der Waals surface area contributed by atoms with E-state index in [1.165, 1.54) is 25.0 Å². The lowest BCUT2D eigenvalue weighted by atomic mass is 10.1. The summed E-state index contributed by atoms with van der Waals surface area (Å²) >= 11 is 0. The van der Waals surface area contributed by atoms with E-state index in [1.54, 1.807) is 0 Å². The van der Waals surface area contributed by atoms with Crippen LogP contribution in [0.1, 0.15) is 44.5 Å². The average Bonchev–Trinajstić information content (AvgIpc) is 2.95. The van der Waals surface area contributed by atoms with Crippen LogP contribution in [-0.4, -0.2) is 41.2 Å². The predicted octanol–water partition coefficient (Wildman–Crippen LogP) is 2.33. The molecule has 3 rings (SSSR count). The van der Waals surface area contributed by atoms with Crippen LogP contribution in [0.4, 0.5) is 0 Å². The van der Waals surface area contributed by atoms with Crippen molar-refractivity contribution < 1.29 is 4.74 Å². The molecule has 21 heavy (non-hydrogen) atoms. The second kappa shape index (κ2) is 6.86. The van der Waals surface area contributed by atoms with Gasteiger partial charge in [0.25, 0.3) is 0 Å². The minimum absolute atomic E-state index is 0.463. The number of pyridine rings is 1. The van der Waals surface area contributed by atoms with Gasteiger partial charge >= 0.3 is 0 Å². The molecule has 2 unspecified atom stereocenters. The summed E-state index contributed by atoms with van der Waals surface area (Å²) in [4.78, 5) is 7.38. The van der Waals surface area contributed by atoms with Crippen LogP contribution in [-0.2, 0) is 17.8 Å². The summed E-state index contributed by atoms with van der Waals surface area (Å²) in [6.07, 6.45) is 4.27. The first-order chi connectivity index (χ1) is 10.2. The van der Waals surface area contributed by atoms with Gasteiger partial charge in [-0.3, -0.25) is 9.88 Å². The maximum atomic E-state index is 5.89. The Balaban J connectivity index is 1.62. The summed E-state index contributed by atoms with van der Waals surface area (Å²) in [5, 5.41) is 3.43. The van der Waals surface area contributed by atoms with Crippen molar-refractivity contribution in [2.45, 2.75) is 64.4 Å². The fraction of sp³-hybridized carbons (Fsp3) is 0.706. The molecule has 0 amide bonds. The van der Waals surface area contributed by atoms with Crippen molar-refractivity contribution in [3.05, 3.63) is 29.6 Å². The number of hydrogen-bond donors (Lipinski definition) is 1. The Morgan fingerprint density at radius 2 is 2.19 bits per heavy atom. The summed E-state index contributed by atoms with van der Waals surface area (Å²) in [6, 6.07) is 7.49. The molecule has 4 heteroatoms. The third-order valence-electron chi connectivity index (χ3n) is 4.52. The molecule has 0 bridgehead atoms. The summed E-state index contributed by atoms with van der Waals surface area (Å²) in [5.41, 5.74) is 2.32. The topological polar surface area (TPSA) is 37.4 Å². The first kappa shape index (κ1) is 14.9. The van der Waals surface area contributed by atoms with Crippen LogP contribution in [0.15, 0.2) is 18.2 Å². The fourth-order valence-electron chi connectivity index (χ4n) is 3.43. The number of nitrogens with one attached hydrogen (secondary N) is 1. The minimum Gasteiger partial charge on any atom is -0.375 e. The Hall–Kier alpha value is -0.970. The number of nitrogens with zero attached hydrogens (tertiary/aromatic N) is 2. The van der Waals surface area contributed by atoms with Gasteiger partial charge in [0.2, 0.25) is 0 Å². The molecular weight excluding hydrogens is 262 g/mol. The standard InChI is InChI=1S/C17H27N3O/c1-13(2)18-11-14-5-3-6-15(19-14)12-20-9-10-21-17-8-4-7-16(17)20/h3,5-6,13,16-18H,4,7-12H2,1-2H3. The zero-order valence-corrected chi connectivity index (χ0v) is 13.2. The molecular formula is C17H27N3O. The highest BCUT2D eigenvalue weighted by atomic mass is 16.5. The number of rotatable bonds is 5. The lowest BCUT2D eigenvalue weighted by molar-refractivity contribution is -0.0592. The molecule has 2 atom stereocenters. The van der Waals surface area contributed by atoms with Crippen molar-refractivity contribution in [1.82, 2.24) is 15.2 Å². The highest BCUT2D eigenvalue weighted by Gasteiger charge is 2.35. The summed E-state index contributed by atoms with van der Waals surface area (Å²) < 4.78 is 5.89. The van der Waals surface area contributed by atoms with E-state index < -0.39 is 0 Å². The summed E-state index contributed by atoms with van der Waals surface area (Å²) in [6.45, 7) is 8.05. The van der Waals surface area contributed by atoms with Crippen LogP contribution in [0.5, 0.6) is 0 Å². The zero-order chi connectivity index (χ0) is 14.7. The van der Waals surface area contributed by atoms with Crippen LogP contribution < -0.4 is 5.32 Å². The Kier molecular flexibility index (Phi) is 4.88. The lowest BCUT2D eigenvalue weighted by Gasteiger charge is -2.37. The van der Waals surface area contributed by atoms with E-state index in [9.17, 15) is 0 Å². The van der Waals surface area contributed by atoms with Gasteiger partial charge in [0.05, 0.1) is 24.1 Å². The quantitative estimate of drug-likeness (QED) is 0.903. The Morgan fingerprint density at radius 3 is 3.05 bits per heavy atom. The summed E-state index contributed by atoms with van der Waals surface area (Å²) in [7, 11) is 0. The van der Waals surface area contributed by atoms with Crippen molar-refractivity contribution in [1.29, 1.82) is 0 Å². The third-order valence-corrected chi connectivity index (χ3v) is 4.52. The smallest absolute Gasteiger partial charge is 0.0731 e. The molecule has 1 aromatic heterocycles. The monoisotopic (exact) mass is 289 g/mol. The van der Waals surface area contributed by atoms with E-state index in [-0.39, 0.29) is 0 Å². The SMILES string of the molecule is CC(C)NCc1cccc(CN2CCOC3CCCC32)n1. The predicted molar refractivity (Wildman–Crippen MR) is 84.0 cm³/mol. The summed E-state index contributed by atoms with van der Waals surface area (Å²) in [5.74, 6) is 0. The number of morpholine rings is 1. The molecule has 116 valence electrons. The number of aromatic nitrogens is 1. The molecule has 1 aromatic rings. The third kappa shape index (κ3) is 3.82. The van der Waals surface area contributed by atoms with Gasteiger partial charge in [-0.05, 0) is 31.4 Å². The van der Waals surface area contributed by atoms with Crippen molar-refractivity contribution in [3.8, 4) is 0 Å². The van der Waals surface area contributed by atoms with Gasteiger partial charge in [0.1, 0.15) is 0 Å². The van der Waals surface area contributed by atoms with Crippen molar-refractivity contribution in [2.75, 3.05) is 13.2 Å². The Bertz CT molecular complexity index is 463. The molecule has 1 saturated carbocycles. The molecule has 2 fully saturated rings. The molecule has 1 N–H and O–H groups in total. The lowest BCUT2D eigenvalue weighted by Crippen LogP contribution is -2.48. The van der Waals surface area contributed by atoms with Crippen LogP contribution in [0.2, 0.25) is 0 Å². The van der Waals surface area contributed by atoms with Gasteiger partial charge in [0, 0.05) is 31.7 Å². The Morgan fingerprint density at radius 1 is 1.33 bits per heavy atom. The van der Waals surface area contributed by atoms with Gasteiger partial charge in [-0.25, -0.2) is 0 Å². The molecule has 0 spiro atoms. The zero-order valence-electron chi connectivity index (χ0n) is 13.2. The van der Waals surface area contributed by atoms with Gasteiger partial charge in [-0.2, -0.15) is 0 Å². The second-order valence-corrected chi connectivity index (χ2v) is 6.53. The molecule has 2 heterocycles. The highest BCUT2D eigenvalue weighted by Crippen LogP contribution is 2.30. The van der Waals surface area contributed by atoms with Crippen LogP contribution >= 0.6 is 0 Å². The van der Waals surface area contributed by atoms with Gasteiger partial charge in [0.15, 0.2) is 0 Å². The van der Waals surface area contributed by atoms with Crippen molar-refractivity contribution in [2.24, 2.45) is 0 Å². The first-order valence-electron chi connectivity index (χ1n) is 8.26. The van der Waals surface area contributed by atoms with E-state index in [1.807, 2.05) is 0 Å². The maximum absolute atomic E-state index is 5.89. The minimum atomic E-state index is 0.463. The Labute approximate surface area is 127 Å². The molecule has 0 radical (unpaired) electrons. The molecule has 1 aliphatic heterocycles. The average molecular weight is 289 g/mol. The van der Waals surface area contributed by atoms with E-state index in [0.29, 0.717) is 18.2 Å². The fourth-order valence-corrected chi connectivity index (χ4v) is 3.43. The molecule has 1 saturated heterocycles.